The van der Waals surface area contributed by atoms with Crippen molar-refractivity contribution < 1.29 is 9.53 Å². The van der Waals surface area contributed by atoms with Gasteiger partial charge in [-0.15, -0.1) is 0 Å². The van der Waals surface area contributed by atoms with Crippen LogP contribution in [0.5, 0.6) is 5.88 Å². The molecule has 0 aromatic carbocycles. The number of hydrogen-bond donors (Lipinski definition) is 2. The van der Waals surface area contributed by atoms with Gasteiger partial charge in [-0.1, -0.05) is 6.07 Å². The van der Waals surface area contributed by atoms with Crippen molar-refractivity contribution in [3.63, 3.8) is 0 Å². The first-order valence-corrected chi connectivity index (χ1v) is 6.59. The number of nitrogens with one attached hydrogen (secondary N) is 2. The van der Waals surface area contributed by atoms with Gasteiger partial charge in [-0.3, -0.25) is 4.79 Å². The molecule has 0 bridgehead atoms. The minimum atomic E-state index is -0.00906. The number of rotatable bonds is 7. The number of nitrogens with zero attached hydrogens (tertiary/aromatic N) is 1. The van der Waals surface area contributed by atoms with E-state index in [4.69, 9.17) is 4.74 Å². The molecular formula is C14H23N3O2. The van der Waals surface area contributed by atoms with Gasteiger partial charge in [-0.05, 0) is 33.8 Å². The van der Waals surface area contributed by atoms with Crippen LogP contribution in [0.2, 0.25) is 0 Å². The Morgan fingerprint density at radius 3 is 2.74 bits per heavy atom. The minimum absolute atomic E-state index is 0.00906. The topological polar surface area (TPSA) is 63.2 Å². The second kappa shape index (κ2) is 7.74. The van der Waals surface area contributed by atoms with E-state index < -0.39 is 0 Å². The zero-order valence-corrected chi connectivity index (χ0v) is 12.1. The van der Waals surface area contributed by atoms with Gasteiger partial charge in [0, 0.05) is 24.3 Å². The SMILES string of the molecule is CC(C)NC(=O)CNCc1cccnc1OC(C)C. The van der Waals surface area contributed by atoms with Crippen LogP contribution in [0.4, 0.5) is 0 Å². The Bertz CT molecular complexity index is 405. The Kier molecular flexibility index (Phi) is 6.29. The number of carbonyl (C=O) groups is 1. The highest BCUT2D eigenvalue weighted by molar-refractivity contribution is 5.78. The van der Waals surface area contributed by atoms with E-state index in [0.29, 0.717) is 12.4 Å². The minimum Gasteiger partial charge on any atom is -0.475 e. The van der Waals surface area contributed by atoms with Crippen LogP contribution >= 0.6 is 0 Å². The van der Waals surface area contributed by atoms with Crippen LogP contribution in [0.25, 0.3) is 0 Å². The molecule has 0 fully saturated rings. The molecule has 5 heteroatoms. The molecule has 0 unspecified atom stereocenters. The van der Waals surface area contributed by atoms with Crippen LogP contribution in [-0.4, -0.2) is 29.6 Å². The molecule has 0 saturated heterocycles. The monoisotopic (exact) mass is 265 g/mol. The van der Waals surface area contributed by atoms with E-state index in [2.05, 4.69) is 15.6 Å². The number of aromatic nitrogens is 1. The molecule has 106 valence electrons. The van der Waals surface area contributed by atoms with Gasteiger partial charge in [0.25, 0.3) is 0 Å². The predicted octanol–water partition coefficient (Wildman–Crippen LogP) is 1.48. The van der Waals surface area contributed by atoms with E-state index in [1.165, 1.54) is 0 Å². The smallest absolute Gasteiger partial charge is 0.234 e. The summed E-state index contributed by atoms with van der Waals surface area (Å²) < 4.78 is 5.62. The standard InChI is InChI=1S/C14H23N3O2/c1-10(2)17-13(18)9-15-8-12-6-5-7-16-14(12)19-11(3)4/h5-7,10-11,15H,8-9H2,1-4H3,(H,17,18). The lowest BCUT2D eigenvalue weighted by atomic mass is 10.2. The Balaban J connectivity index is 2.46. The largest absolute Gasteiger partial charge is 0.475 e. The fourth-order valence-corrected chi connectivity index (χ4v) is 1.57. The highest BCUT2D eigenvalue weighted by Gasteiger charge is 2.07. The summed E-state index contributed by atoms with van der Waals surface area (Å²) >= 11 is 0. The highest BCUT2D eigenvalue weighted by atomic mass is 16.5. The molecule has 1 amide bonds. The van der Waals surface area contributed by atoms with Crippen molar-refractivity contribution in [3.05, 3.63) is 23.9 Å². The molecule has 0 spiro atoms. The lowest BCUT2D eigenvalue weighted by Crippen LogP contribution is -2.37. The average molecular weight is 265 g/mol. The van der Waals surface area contributed by atoms with Crippen LogP contribution in [0, 0.1) is 0 Å². The molecule has 1 heterocycles. The lowest BCUT2D eigenvalue weighted by Gasteiger charge is -2.13. The van der Waals surface area contributed by atoms with E-state index in [9.17, 15) is 4.79 Å². The van der Waals surface area contributed by atoms with Crippen molar-refractivity contribution in [1.29, 1.82) is 0 Å². The fourth-order valence-electron chi connectivity index (χ4n) is 1.57. The quantitative estimate of drug-likeness (QED) is 0.784. The molecule has 0 aliphatic heterocycles. The number of pyridine rings is 1. The summed E-state index contributed by atoms with van der Waals surface area (Å²) in [6.45, 7) is 8.64. The molecule has 5 nitrogen and oxygen atoms in total. The van der Waals surface area contributed by atoms with Crippen molar-refractivity contribution in [3.8, 4) is 5.88 Å². The molecule has 1 rings (SSSR count). The van der Waals surface area contributed by atoms with Gasteiger partial charge < -0.3 is 15.4 Å². The summed E-state index contributed by atoms with van der Waals surface area (Å²) in [7, 11) is 0. The van der Waals surface area contributed by atoms with E-state index in [1.807, 2.05) is 39.8 Å². The van der Waals surface area contributed by atoms with Gasteiger partial charge >= 0.3 is 0 Å². The van der Waals surface area contributed by atoms with Crippen LogP contribution in [0.3, 0.4) is 0 Å². The Hall–Kier alpha value is -1.62. The van der Waals surface area contributed by atoms with Crippen LogP contribution in [0.1, 0.15) is 33.3 Å². The number of hydrogen-bond acceptors (Lipinski definition) is 4. The highest BCUT2D eigenvalue weighted by Crippen LogP contribution is 2.15. The maximum Gasteiger partial charge on any atom is 0.234 e. The molecule has 2 N–H and O–H groups in total. The van der Waals surface area contributed by atoms with E-state index >= 15 is 0 Å². The molecule has 19 heavy (non-hydrogen) atoms. The molecular weight excluding hydrogens is 242 g/mol. The van der Waals surface area contributed by atoms with Crippen LogP contribution < -0.4 is 15.4 Å². The van der Waals surface area contributed by atoms with Gasteiger partial charge in [-0.25, -0.2) is 4.98 Å². The third kappa shape index (κ3) is 6.20. The van der Waals surface area contributed by atoms with Gasteiger partial charge in [0.2, 0.25) is 11.8 Å². The van der Waals surface area contributed by atoms with E-state index in [1.54, 1.807) is 6.20 Å². The fraction of sp³-hybridized carbons (Fsp3) is 0.571. The zero-order valence-electron chi connectivity index (χ0n) is 12.1. The second-order valence-electron chi connectivity index (χ2n) is 4.96. The number of ether oxygens (including phenoxy) is 1. The second-order valence-corrected chi connectivity index (χ2v) is 4.96. The summed E-state index contributed by atoms with van der Waals surface area (Å²) in [5, 5.41) is 5.92. The zero-order chi connectivity index (χ0) is 14.3. The van der Waals surface area contributed by atoms with Crippen molar-refractivity contribution >= 4 is 5.91 Å². The van der Waals surface area contributed by atoms with Crippen LogP contribution in [-0.2, 0) is 11.3 Å². The van der Waals surface area contributed by atoms with Crippen molar-refractivity contribution in [2.45, 2.75) is 46.4 Å². The van der Waals surface area contributed by atoms with E-state index in [0.717, 1.165) is 5.56 Å². The van der Waals surface area contributed by atoms with Gasteiger partial charge in [-0.2, -0.15) is 0 Å². The number of amides is 1. The van der Waals surface area contributed by atoms with Crippen molar-refractivity contribution in [1.82, 2.24) is 15.6 Å². The van der Waals surface area contributed by atoms with Gasteiger partial charge in [0.1, 0.15) is 0 Å². The maximum atomic E-state index is 11.5. The summed E-state index contributed by atoms with van der Waals surface area (Å²) in [6, 6.07) is 3.96. The Labute approximate surface area is 114 Å². The molecule has 0 radical (unpaired) electrons. The Morgan fingerprint density at radius 1 is 1.37 bits per heavy atom. The Morgan fingerprint density at radius 2 is 2.11 bits per heavy atom. The molecule has 0 saturated carbocycles. The summed E-state index contributed by atoms with van der Waals surface area (Å²) in [5.74, 6) is 0.611. The molecule has 1 aromatic rings. The lowest BCUT2D eigenvalue weighted by molar-refractivity contribution is -0.120. The summed E-state index contributed by atoms with van der Waals surface area (Å²) in [4.78, 5) is 15.7. The average Bonchev–Trinajstić information content (AvgIpc) is 2.29. The molecule has 0 aliphatic carbocycles. The predicted molar refractivity (Wildman–Crippen MR) is 75.0 cm³/mol. The third-order valence-corrected chi connectivity index (χ3v) is 2.25. The first-order chi connectivity index (χ1) is 8.99. The maximum absolute atomic E-state index is 11.5. The molecule has 0 atom stereocenters. The summed E-state index contributed by atoms with van der Waals surface area (Å²) in [6.07, 6.45) is 1.78. The van der Waals surface area contributed by atoms with Gasteiger partial charge in [0.05, 0.1) is 12.6 Å². The first kappa shape index (κ1) is 15.4. The van der Waals surface area contributed by atoms with E-state index in [-0.39, 0.29) is 24.6 Å². The van der Waals surface area contributed by atoms with Crippen LogP contribution in [0.15, 0.2) is 18.3 Å². The normalized spacial score (nSPS) is 10.8. The van der Waals surface area contributed by atoms with Gasteiger partial charge in [0.15, 0.2) is 0 Å². The molecule has 1 aromatic heterocycles. The first-order valence-electron chi connectivity index (χ1n) is 6.59. The van der Waals surface area contributed by atoms with Crippen molar-refractivity contribution in [2.24, 2.45) is 0 Å². The summed E-state index contributed by atoms with van der Waals surface area (Å²) in [5.41, 5.74) is 0.952. The number of carbonyl (C=O) groups excluding carboxylic acids is 1. The third-order valence-electron chi connectivity index (χ3n) is 2.25. The van der Waals surface area contributed by atoms with Crippen molar-refractivity contribution in [2.75, 3.05) is 6.54 Å². The molecule has 0 aliphatic rings.